The molecule has 7 nitrogen and oxygen atoms in total. The van der Waals surface area contributed by atoms with E-state index in [2.05, 4.69) is 20.1 Å². The Hall–Kier alpha value is -3.22. The zero-order valence-corrected chi connectivity index (χ0v) is 14.5. The second kappa shape index (κ2) is 6.95. The molecule has 0 spiro atoms. The lowest BCUT2D eigenvalue weighted by Crippen LogP contribution is -2.32. The molecule has 0 amide bonds. The molecule has 0 saturated carbocycles. The van der Waals surface area contributed by atoms with Gasteiger partial charge in [0.2, 0.25) is 0 Å². The lowest BCUT2D eigenvalue weighted by Gasteiger charge is -2.29. The van der Waals surface area contributed by atoms with Gasteiger partial charge in [0, 0.05) is 42.5 Å². The lowest BCUT2D eigenvalue weighted by molar-refractivity contribution is 0.0526. The summed E-state index contributed by atoms with van der Waals surface area (Å²) in [5, 5.41) is 7.13. The summed E-state index contributed by atoms with van der Waals surface area (Å²) in [6.07, 6.45) is 4.21. The number of nitrogens with zero attached hydrogens (tertiary/aromatic N) is 4. The van der Waals surface area contributed by atoms with Crippen LogP contribution in [0.1, 0.15) is 28.5 Å². The summed E-state index contributed by atoms with van der Waals surface area (Å²) >= 11 is 0. The molecular weight excluding hydrogens is 330 g/mol. The quantitative estimate of drug-likeness (QED) is 0.729. The van der Waals surface area contributed by atoms with Gasteiger partial charge in [-0.25, -0.2) is 14.8 Å². The number of aromatic amines is 1. The van der Waals surface area contributed by atoms with E-state index in [0.717, 1.165) is 29.8 Å². The van der Waals surface area contributed by atoms with Crippen LogP contribution in [0.15, 0.2) is 42.7 Å². The van der Waals surface area contributed by atoms with Gasteiger partial charge in [-0.1, -0.05) is 30.3 Å². The molecule has 1 aromatic carbocycles. The van der Waals surface area contributed by atoms with Gasteiger partial charge in [0.1, 0.15) is 11.4 Å². The summed E-state index contributed by atoms with van der Waals surface area (Å²) in [7, 11) is 0. The van der Waals surface area contributed by atoms with Crippen molar-refractivity contribution in [3.8, 4) is 11.4 Å². The Bertz CT molecular complexity index is 923. The van der Waals surface area contributed by atoms with Crippen LogP contribution in [0.4, 0.5) is 5.82 Å². The molecule has 0 unspecified atom stereocenters. The Morgan fingerprint density at radius 3 is 2.92 bits per heavy atom. The molecule has 1 aliphatic heterocycles. The smallest absolute Gasteiger partial charge is 0.343 e. The average Bonchev–Trinajstić information content (AvgIpc) is 3.16. The van der Waals surface area contributed by atoms with Crippen LogP contribution in [-0.4, -0.2) is 39.3 Å². The molecule has 0 atom stereocenters. The van der Waals surface area contributed by atoms with E-state index < -0.39 is 5.97 Å². The van der Waals surface area contributed by atoms with Crippen molar-refractivity contribution >= 4 is 11.8 Å². The number of fused-ring (bicyclic) bond motifs is 1. The molecule has 0 radical (unpaired) electrons. The number of hydrogen-bond donors (Lipinski definition) is 1. The number of ether oxygens (including phenoxy) is 1. The molecular formula is C19H19N5O2. The van der Waals surface area contributed by atoms with Crippen molar-refractivity contribution in [2.75, 3.05) is 18.1 Å². The van der Waals surface area contributed by atoms with Gasteiger partial charge in [-0.05, 0) is 6.92 Å². The molecule has 7 heteroatoms. The second-order valence-electron chi connectivity index (χ2n) is 6.06. The maximum Gasteiger partial charge on any atom is 0.343 e. The van der Waals surface area contributed by atoms with E-state index in [4.69, 9.17) is 9.72 Å². The van der Waals surface area contributed by atoms with Crippen LogP contribution in [0.3, 0.4) is 0 Å². The summed E-state index contributed by atoms with van der Waals surface area (Å²) < 4.78 is 5.20. The lowest BCUT2D eigenvalue weighted by atomic mass is 10.1. The zero-order chi connectivity index (χ0) is 17.9. The summed E-state index contributed by atoms with van der Waals surface area (Å²) in [6, 6.07) is 9.73. The van der Waals surface area contributed by atoms with Gasteiger partial charge in [0.15, 0.2) is 5.82 Å². The molecule has 4 rings (SSSR count). The first-order valence-corrected chi connectivity index (χ1v) is 8.62. The Balaban J connectivity index is 1.75. The average molecular weight is 349 g/mol. The first kappa shape index (κ1) is 16.3. The van der Waals surface area contributed by atoms with Gasteiger partial charge >= 0.3 is 5.97 Å². The predicted octanol–water partition coefficient (Wildman–Crippen LogP) is 2.61. The van der Waals surface area contributed by atoms with Crippen LogP contribution in [0.2, 0.25) is 0 Å². The van der Waals surface area contributed by atoms with E-state index in [1.165, 1.54) is 0 Å². The summed E-state index contributed by atoms with van der Waals surface area (Å²) in [5.74, 6) is 0.788. The molecule has 0 aliphatic carbocycles. The third-order valence-electron chi connectivity index (χ3n) is 4.40. The number of carbonyl (C=O) groups is 1. The Labute approximate surface area is 151 Å². The Kier molecular flexibility index (Phi) is 4.35. The molecule has 1 N–H and O–H groups in total. The number of rotatable bonds is 4. The monoisotopic (exact) mass is 349 g/mol. The van der Waals surface area contributed by atoms with Crippen molar-refractivity contribution < 1.29 is 9.53 Å². The number of benzene rings is 1. The maximum atomic E-state index is 12.4. The third kappa shape index (κ3) is 3.03. The minimum Gasteiger partial charge on any atom is -0.462 e. The minimum absolute atomic E-state index is 0.310. The largest absolute Gasteiger partial charge is 0.462 e. The van der Waals surface area contributed by atoms with Crippen LogP contribution in [0.5, 0.6) is 0 Å². The number of anilines is 1. The SMILES string of the molecule is CCOC(=O)c1cnc(-c2ccccc2)nc1N1CCc2[nH]ncc2C1. The van der Waals surface area contributed by atoms with Gasteiger partial charge in [0.05, 0.1) is 12.8 Å². The fourth-order valence-electron chi connectivity index (χ4n) is 3.10. The van der Waals surface area contributed by atoms with Crippen molar-refractivity contribution in [3.63, 3.8) is 0 Å². The highest BCUT2D eigenvalue weighted by atomic mass is 16.5. The molecule has 1 aliphatic rings. The topological polar surface area (TPSA) is 84.0 Å². The fraction of sp³-hybridized carbons (Fsp3) is 0.263. The maximum absolute atomic E-state index is 12.4. The molecule has 0 saturated heterocycles. The van der Waals surface area contributed by atoms with E-state index in [0.29, 0.717) is 30.4 Å². The van der Waals surface area contributed by atoms with Crippen LogP contribution in [-0.2, 0) is 17.7 Å². The second-order valence-corrected chi connectivity index (χ2v) is 6.06. The summed E-state index contributed by atoms with van der Waals surface area (Å²) in [6.45, 7) is 3.48. The molecule has 3 aromatic rings. The Morgan fingerprint density at radius 2 is 2.12 bits per heavy atom. The van der Waals surface area contributed by atoms with Crippen LogP contribution < -0.4 is 4.90 Å². The van der Waals surface area contributed by atoms with Crippen LogP contribution >= 0.6 is 0 Å². The van der Waals surface area contributed by atoms with Crippen molar-refractivity contribution in [3.05, 3.63) is 59.5 Å². The minimum atomic E-state index is -0.403. The van der Waals surface area contributed by atoms with Crippen molar-refractivity contribution in [2.45, 2.75) is 19.9 Å². The molecule has 132 valence electrons. The predicted molar refractivity (Wildman–Crippen MR) is 96.8 cm³/mol. The number of aromatic nitrogens is 4. The van der Waals surface area contributed by atoms with Crippen molar-refractivity contribution in [2.24, 2.45) is 0 Å². The van der Waals surface area contributed by atoms with E-state index in [-0.39, 0.29) is 0 Å². The van der Waals surface area contributed by atoms with Crippen molar-refractivity contribution in [1.29, 1.82) is 0 Å². The molecule has 26 heavy (non-hydrogen) atoms. The van der Waals surface area contributed by atoms with Crippen LogP contribution in [0.25, 0.3) is 11.4 Å². The van der Waals surface area contributed by atoms with E-state index >= 15 is 0 Å². The van der Waals surface area contributed by atoms with E-state index in [1.807, 2.05) is 36.5 Å². The van der Waals surface area contributed by atoms with E-state index in [9.17, 15) is 4.79 Å². The molecule has 2 aromatic heterocycles. The van der Waals surface area contributed by atoms with Gasteiger partial charge in [-0.15, -0.1) is 0 Å². The fourth-order valence-corrected chi connectivity index (χ4v) is 3.10. The highest BCUT2D eigenvalue weighted by Crippen LogP contribution is 2.27. The number of carbonyl (C=O) groups excluding carboxylic acids is 1. The van der Waals surface area contributed by atoms with Crippen LogP contribution in [0, 0.1) is 0 Å². The number of nitrogens with one attached hydrogen (secondary N) is 1. The number of hydrogen-bond acceptors (Lipinski definition) is 6. The number of H-pyrrole nitrogens is 1. The first-order valence-electron chi connectivity index (χ1n) is 8.62. The van der Waals surface area contributed by atoms with Gasteiger partial charge in [0.25, 0.3) is 0 Å². The van der Waals surface area contributed by atoms with E-state index in [1.54, 1.807) is 13.1 Å². The molecule has 3 heterocycles. The highest BCUT2D eigenvalue weighted by Gasteiger charge is 2.25. The standard InChI is InChI=1S/C19H19N5O2/c1-2-26-19(25)15-11-20-17(13-6-4-3-5-7-13)22-18(15)24-9-8-16-14(12-24)10-21-23-16/h3-7,10-11H,2,8-9,12H2,1H3,(H,21,23). The molecule has 0 bridgehead atoms. The molecule has 0 fully saturated rings. The van der Waals surface area contributed by atoms with Gasteiger partial charge < -0.3 is 9.64 Å². The van der Waals surface area contributed by atoms with Crippen molar-refractivity contribution in [1.82, 2.24) is 20.2 Å². The van der Waals surface area contributed by atoms with Gasteiger partial charge in [-0.3, -0.25) is 5.10 Å². The third-order valence-corrected chi connectivity index (χ3v) is 4.40. The zero-order valence-electron chi connectivity index (χ0n) is 14.5. The summed E-state index contributed by atoms with van der Waals surface area (Å²) in [4.78, 5) is 23.6. The summed E-state index contributed by atoms with van der Waals surface area (Å²) in [5.41, 5.74) is 3.55. The first-order chi connectivity index (χ1) is 12.8. The highest BCUT2D eigenvalue weighted by molar-refractivity contribution is 5.94. The number of esters is 1. The van der Waals surface area contributed by atoms with Gasteiger partial charge in [-0.2, -0.15) is 5.10 Å². The Morgan fingerprint density at radius 1 is 1.27 bits per heavy atom. The normalized spacial score (nSPS) is 13.3.